The van der Waals surface area contributed by atoms with Crippen molar-refractivity contribution in [3.8, 4) is 0 Å². The van der Waals surface area contributed by atoms with E-state index >= 15 is 0 Å². The van der Waals surface area contributed by atoms with Gasteiger partial charge in [0.2, 0.25) is 5.91 Å². The summed E-state index contributed by atoms with van der Waals surface area (Å²) in [7, 11) is 1.89. The van der Waals surface area contributed by atoms with E-state index < -0.39 is 0 Å². The Labute approximate surface area is 159 Å². The van der Waals surface area contributed by atoms with Crippen molar-refractivity contribution >= 4 is 23.6 Å². The molecule has 26 heavy (non-hydrogen) atoms. The van der Waals surface area contributed by atoms with Crippen LogP contribution in [0.25, 0.3) is 0 Å². The first-order chi connectivity index (χ1) is 12.5. The van der Waals surface area contributed by atoms with Crippen LogP contribution in [0.5, 0.6) is 0 Å². The Balaban J connectivity index is 1.57. The zero-order valence-corrected chi connectivity index (χ0v) is 16.3. The number of hydrogen-bond acceptors (Lipinski definition) is 4. The van der Waals surface area contributed by atoms with Crippen molar-refractivity contribution in [3.63, 3.8) is 0 Å². The van der Waals surface area contributed by atoms with E-state index in [2.05, 4.69) is 0 Å². The van der Waals surface area contributed by atoms with Gasteiger partial charge in [-0.1, -0.05) is 0 Å². The lowest BCUT2D eigenvalue weighted by Crippen LogP contribution is -2.43. The average Bonchev–Trinajstić information content (AvgIpc) is 2.81. The molecule has 0 saturated carbocycles. The highest BCUT2D eigenvalue weighted by Gasteiger charge is 2.38. The van der Waals surface area contributed by atoms with Gasteiger partial charge in [0.15, 0.2) is 0 Å². The minimum atomic E-state index is 0.0976. The molecule has 1 N–H and O–H groups in total. The fourth-order valence-corrected chi connectivity index (χ4v) is 4.60. The van der Waals surface area contributed by atoms with Crippen molar-refractivity contribution in [1.82, 2.24) is 9.80 Å². The van der Waals surface area contributed by atoms with E-state index in [0.29, 0.717) is 12.2 Å². The summed E-state index contributed by atoms with van der Waals surface area (Å²) in [5, 5.41) is 8.89. The molecule has 2 amide bonds. The van der Waals surface area contributed by atoms with Crippen molar-refractivity contribution < 1.29 is 14.7 Å². The number of hydrogen-bond donors (Lipinski definition) is 1. The van der Waals surface area contributed by atoms with Gasteiger partial charge >= 0.3 is 0 Å². The summed E-state index contributed by atoms with van der Waals surface area (Å²) in [5.74, 6) is 1.01. The molecule has 2 fully saturated rings. The summed E-state index contributed by atoms with van der Waals surface area (Å²) in [4.78, 5) is 29.6. The van der Waals surface area contributed by atoms with E-state index in [9.17, 15) is 9.59 Å². The number of carbonyl (C=O) groups excluding carboxylic acids is 2. The Bertz CT molecular complexity index is 639. The molecule has 2 aliphatic heterocycles. The molecule has 0 aliphatic carbocycles. The monoisotopic (exact) mass is 376 g/mol. The molecule has 0 unspecified atom stereocenters. The molecule has 2 saturated heterocycles. The number of piperidine rings is 1. The summed E-state index contributed by atoms with van der Waals surface area (Å²) >= 11 is 1.59. The van der Waals surface area contributed by atoms with Crippen molar-refractivity contribution in [2.24, 2.45) is 5.41 Å². The fraction of sp³-hybridized carbons (Fsp3) is 0.600. The van der Waals surface area contributed by atoms with E-state index in [1.54, 1.807) is 11.8 Å². The first kappa shape index (κ1) is 19.2. The smallest absolute Gasteiger partial charge is 0.253 e. The third-order valence-electron chi connectivity index (χ3n) is 5.85. The largest absolute Gasteiger partial charge is 0.396 e. The van der Waals surface area contributed by atoms with E-state index in [0.717, 1.165) is 55.8 Å². The molecular weight excluding hydrogens is 348 g/mol. The van der Waals surface area contributed by atoms with Crippen LogP contribution in [0.3, 0.4) is 0 Å². The zero-order valence-electron chi connectivity index (χ0n) is 15.4. The molecule has 142 valence electrons. The maximum Gasteiger partial charge on any atom is 0.253 e. The van der Waals surface area contributed by atoms with E-state index in [-0.39, 0.29) is 23.8 Å². The van der Waals surface area contributed by atoms with Crippen LogP contribution in [0.15, 0.2) is 29.2 Å². The van der Waals surface area contributed by atoms with Gasteiger partial charge in [0.25, 0.3) is 5.91 Å². The van der Waals surface area contributed by atoms with Crippen LogP contribution in [-0.2, 0) is 4.79 Å². The number of thioether (sulfide) groups is 1. The number of benzene rings is 1. The molecule has 0 radical (unpaired) electrons. The molecule has 1 aromatic carbocycles. The van der Waals surface area contributed by atoms with Crippen molar-refractivity contribution in [1.29, 1.82) is 0 Å². The molecule has 0 atom stereocenters. The summed E-state index contributed by atoms with van der Waals surface area (Å²) in [6.07, 6.45) is 4.62. The van der Waals surface area contributed by atoms with Crippen molar-refractivity contribution in [2.45, 2.75) is 37.0 Å². The van der Waals surface area contributed by atoms with Gasteiger partial charge in [-0.3, -0.25) is 9.59 Å². The lowest BCUT2D eigenvalue weighted by Gasteiger charge is -2.41. The number of aliphatic hydroxyl groups excluding tert-OH is 1. The maximum atomic E-state index is 12.8. The standard InChI is InChI=1S/C20H28N2O3S/c1-21-11-8-20(7-6-18(21)24)9-12-22(13-10-20)19(25)16-2-4-17(5-3-16)26-15-14-23/h2-5,23H,6-15H2,1H3. The van der Waals surface area contributed by atoms with Gasteiger partial charge in [-0.05, 0) is 55.4 Å². The summed E-state index contributed by atoms with van der Waals surface area (Å²) in [6, 6.07) is 7.66. The molecule has 0 bridgehead atoms. The van der Waals surface area contributed by atoms with Gasteiger partial charge in [-0.2, -0.15) is 0 Å². The molecular formula is C20H28N2O3S. The van der Waals surface area contributed by atoms with Crippen LogP contribution in [0.2, 0.25) is 0 Å². The summed E-state index contributed by atoms with van der Waals surface area (Å²) in [6.45, 7) is 2.54. The van der Waals surface area contributed by atoms with Gasteiger partial charge in [0, 0.05) is 49.3 Å². The predicted molar refractivity (Wildman–Crippen MR) is 103 cm³/mol. The number of rotatable bonds is 4. The van der Waals surface area contributed by atoms with Gasteiger partial charge in [-0.25, -0.2) is 0 Å². The van der Waals surface area contributed by atoms with E-state index in [1.165, 1.54) is 0 Å². The Kier molecular flexibility index (Phi) is 6.24. The van der Waals surface area contributed by atoms with Crippen molar-refractivity contribution in [3.05, 3.63) is 29.8 Å². The molecule has 1 spiro atoms. The number of likely N-dealkylation sites (tertiary alicyclic amines) is 2. The quantitative estimate of drug-likeness (QED) is 0.821. The predicted octanol–water partition coefficient (Wildman–Crippen LogP) is 2.64. The van der Waals surface area contributed by atoms with E-state index in [1.807, 2.05) is 41.1 Å². The third-order valence-corrected chi connectivity index (χ3v) is 6.84. The Morgan fingerprint density at radius 3 is 2.42 bits per heavy atom. The topological polar surface area (TPSA) is 60.9 Å². The summed E-state index contributed by atoms with van der Waals surface area (Å²) in [5.41, 5.74) is 0.951. The SMILES string of the molecule is CN1CCC2(CCC1=O)CCN(C(=O)c1ccc(SCCO)cc1)CC2. The number of carbonyl (C=O) groups is 2. The molecule has 5 nitrogen and oxygen atoms in total. The first-order valence-electron chi connectivity index (χ1n) is 9.40. The number of nitrogens with zero attached hydrogens (tertiary/aromatic N) is 2. The average molecular weight is 377 g/mol. The molecule has 1 aromatic rings. The minimum Gasteiger partial charge on any atom is -0.396 e. The molecule has 2 aliphatic rings. The number of amides is 2. The second-order valence-electron chi connectivity index (χ2n) is 7.45. The Morgan fingerprint density at radius 1 is 1.12 bits per heavy atom. The molecule has 0 aromatic heterocycles. The van der Waals surface area contributed by atoms with Crippen molar-refractivity contribution in [2.75, 3.05) is 39.0 Å². The van der Waals surface area contributed by atoms with Gasteiger partial charge in [0.05, 0.1) is 6.61 Å². The van der Waals surface area contributed by atoms with Crippen LogP contribution in [0.1, 0.15) is 42.5 Å². The zero-order chi connectivity index (χ0) is 18.6. The maximum absolute atomic E-state index is 12.8. The highest BCUT2D eigenvalue weighted by atomic mass is 32.2. The Hall–Kier alpha value is -1.53. The molecule has 2 heterocycles. The lowest BCUT2D eigenvalue weighted by atomic mass is 9.73. The fourth-order valence-electron chi connectivity index (χ4n) is 3.94. The second-order valence-corrected chi connectivity index (χ2v) is 8.62. The second kappa shape index (κ2) is 8.44. The van der Waals surface area contributed by atoms with Crippen LogP contribution >= 0.6 is 11.8 Å². The molecule has 3 rings (SSSR count). The normalized spacial score (nSPS) is 20.3. The van der Waals surface area contributed by atoms with Crippen LogP contribution < -0.4 is 0 Å². The van der Waals surface area contributed by atoms with Crippen LogP contribution in [0, 0.1) is 5.41 Å². The highest BCUT2D eigenvalue weighted by Crippen LogP contribution is 2.41. The summed E-state index contributed by atoms with van der Waals surface area (Å²) < 4.78 is 0. The third kappa shape index (κ3) is 4.41. The minimum absolute atomic E-state index is 0.0976. The number of aliphatic hydroxyl groups is 1. The van der Waals surface area contributed by atoms with Gasteiger partial charge in [-0.15, -0.1) is 11.8 Å². The Morgan fingerprint density at radius 2 is 1.77 bits per heavy atom. The highest BCUT2D eigenvalue weighted by molar-refractivity contribution is 7.99. The van der Waals surface area contributed by atoms with Crippen LogP contribution in [-0.4, -0.2) is 65.8 Å². The lowest BCUT2D eigenvalue weighted by molar-refractivity contribution is -0.129. The van der Waals surface area contributed by atoms with Gasteiger partial charge < -0.3 is 14.9 Å². The van der Waals surface area contributed by atoms with E-state index in [4.69, 9.17) is 5.11 Å². The molecule has 6 heteroatoms. The van der Waals surface area contributed by atoms with Gasteiger partial charge in [0.1, 0.15) is 0 Å². The van der Waals surface area contributed by atoms with Crippen LogP contribution in [0.4, 0.5) is 0 Å². The first-order valence-corrected chi connectivity index (χ1v) is 10.4.